The zero-order chi connectivity index (χ0) is 11.8. The third-order valence-electron chi connectivity index (χ3n) is 2.97. The molecule has 0 bridgehead atoms. The molecule has 0 aromatic carbocycles. The van der Waals surface area contributed by atoms with E-state index in [1.807, 2.05) is 0 Å². The third kappa shape index (κ3) is 1.57. The lowest BCUT2D eigenvalue weighted by molar-refractivity contribution is 0.0958. The number of pyridine rings is 1. The van der Waals surface area contributed by atoms with Crippen LogP contribution in [0.5, 0.6) is 0 Å². The minimum absolute atomic E-state index is 0.184. The maximum Gasteiger partial charge on any atom is 0.269 e. The number of nitrogens with one attached hydrogen (secondary N) is 2. The first-order valence-corrected chi connectivity index (χ1v) is 5.57. The summed E-state index contributed by atoms with van der Waals surface area (Å²) in [5.74, 6) is 0.818. The molecule has 2 aromatic heterocycles. The van der Waals surface area contributed by atoms with Crippen molar-refractivity contribution >= 4 is 16.9 Å². The molecule has 88 valence electrons. The van der Waals surface area contributed by atoms with Gasteiger partial charge >= 0.3 is 0 Å². The summed E-state index contributed by atoms with van der Waals surface area (Å²) in [4.78, 5) is 20.2. The van der Waals surface area contributed by atoms with Crippen LogP contribution in [0.2, 0.25) is 0 Å². The monoisotopic (exact) mass is 231 g/mol. The van der Waals surface area contributed by atoms with Gasteiger partial charge in [-0.25, -0.2) is 9.97 Å². The quantitative estimate of drug-likeness (QED) is 0.718. The van der Waals surface area contributed by atoms with Crippen molar-refractivity contribution in [3.63, 3.8) is 0 Å². The van der Waals surface area contributed by atoms with Crippen molar-refractivity contribution in [3.05, 3.63) is 23.8 Å². The van der Waals surface area contributed by atoms with Crippen LogP contribution < -0.4 is 10.6 Å². The number of carbonyl (C=O) groups is 1. The molecule has 0 unspecified atom stereocenters. The van der Waals surface area contributed by atoms with E-state index in [4.69, 9.17) is 0 Å². The van der Waals surface area contributed by atoms with Crippen LogP contribution in [-0.4, -0.2) is 34.0 Å². The predicted octanol–water partition coefficient (Wildman–Crippen LogP) is -0.106. The summed E-state index contributed by atoms with van der Waals surface area (Å²) in [6, 6.07) is 1.74. The highest BCUT2D eigenvalue weighted by Gasteiger charge is 2.15. The molecule has 2 aromatic rings. The van der Waals surface area contributed by atoms with Gasteiger partial charge in [0.25, 0.3) is 5.91 Å². The Morgan fingerprint density at radius 2 is 2.47 bits per heavy atom. The highest BCUT2D eigenvalue weighted by Crippen LogP contribution is 2.17. The Balaban J connectivity index is 2.14. The third-order valence-corrected chi connectivity index (χ3v) is 2.97. The molecular formula is C11H13N5O. The van der Waals surface area contributed by atoms with Crippen molar-refractivity contribution < 1.29 is 4.79 Å². The van der Waals surface area contributed by atoms with E-state index in [0.29, 0.717) is 5.69 Å². The summed E-state index contributed by atoms with van der Waals surface area (Å²) in [7, 11) is 1.59. The van der Waals surface area contributed by atoms with Crippen LogP contribution in [0, 0.1) is 0 Å². The van der Waals surface area contributed by atoms with Gasteiger partial charge in [0.05, 0.1) is 23.8 Å². The Kier molecular flexibility index (Phi) is 2.29. The normalized spacial score (nSPS) is 14.6. The molecular weight excluding hydrogens is 218 g/mol. The van der Waals surface area contributed by atoms with E-state index in [0.717, 1.165) is 36.5 Å². The van der Waals surface area contributed by atoms with Crippen LogP contribution >= 0.6 is 0 Å². The van der Waals surface area contributed by atoms with E-state index in [1.54, 1.807) is 19.3 Å². The number of hydrogen-bond acceptors (Lipinski definition) is 4. The van der Waals surface area contributed by atoms with E-state index in [2.05, 4.69) is 25.2 Å². The second-order valence-corrected chi connectivity index (χ2v) is 3.99. The molecule has 3 heterocycles. The van der Waals surface area contributed by atoms with Crippen LogP contribution in [0.3, 0.4) is 0 Å². The van der Waals surface area contributed by atoms with Crippen molar-refractivity contribution in [2.45, 2.75) is 13.1 Å². The van der Waals surface area contributed by atoms with Gasteiger partial charge in [0.2, 0.25) is 0 Å². The molecule has 2 N–H and O–H groups in total. The standard InChI is InChI=1S/C11H13N5O/c1-12-11(17)8-4-7-9(5-14-8)16-3-2-13-6-10(16)15-7/h4-5,13H,2-3,6H2,1H3,(H,12,17). The van der Waals surface area contributed by atoms with E-state index in [9.17, 15) is 4.79 Å². The van der Waals surface area contributed by atoms with Crippen molar-refractivity contribution in [2.24, 2.45) is 0 Å². The molecule has 1 aliphatic rings. The summed E-state index contributed by atoms with van der Waals surface area (Å²) in [5, 5.41) is 5.83. The summed E-state index contributed by atoms with van der Waals surface area (Å²) < 4.78 is 2.15. The summed E-state index contributed by atoms with van der Waals surface area (Å²) >= 11 is 0. The molecule has 0 radical (unpaired) electrons. The van der Waals surface area contributed by atoms with Gasteiger partial charge in [0.1, 0.15) is 11.5 Å². The number of fused-ring (bicyclic) bond motifs is 3. The number of rotatable bonds is 1. The number of imidazole rings is 1. The first kappa shape index (κ1) is 10.2. The molecule has 3 rings (SSSR count). The second-order valence-electron chi connectivity index (χ2n) is 3.99. The summed E-state index contributed by atoms with van der Waals surface area (Å²) in [6.07, 6.45) is 1.72. The van der Waals surface area contributed by atoms with Crippen LogP contribution in [0.4, 0.5) is 0 Å². The first-order valence-electron chi connectivity index (χ1n) is 5.57. The summed E-state index contributed by atoms with van der Waals surface area (Å²) in [5.41, 5.74) is 2.23. The number of hydrogen-bond donors (Lipinski definition) is 2. The van der Waals surface area contributed by atoms with Gasteiger partial charge in [-0.1, -0.05) is 0 Å². The molecule has 1 aliphatic heterocycles. The fraction of sp³-hybridized carbons (Fsp3) is 0.364. The van der Waals surface area contributed by atoms with Crippen molar-refractivity contribution in [1.82, 2.24) is 25.2 Å². The van der Waals surface area contributed by atoms with Crippen LogP contribution in [0.15, 0.2) is 12.3 Å². The average molecular weight is 231 g/mol. The minimum Gasteiger partial charge on any atom is -0.354 e. The van der Waals surface area contributed by atoms with Crippen molar-refractivity contribution in [2.75, 3.05) is 13.6 Å². The van der Waals surface area contributed by atoms with Gasteiger partial charge in [-0.15, -0.1) is 0 Å². The molecule has 0 atom stereocenters. The van der Waals surface area contributed by atoms with E-state index in [1.165, 1.54) is 0 Å². The highest BCUT2D eigenvalue weighted by atomic mass is 16.1. The maximum absolute atomic E-state index is 11.5. The molecule has 1 amide bonds. The van der Waals surface area contributed by atoms with Crippen molar-refractivity contribution in [1.29, 1.82) is 0 Å². The molecule has 6 heteroatoms. The van der Waals surface area contributed by atoms with Gasteiger partial charge in [-0.05, 0) is 6.07 Å². The lowest BCUT2D eigenvalue weighted by Crippen LogP contribution is -2.28. The maximum atomic E-state index is 11.5. The van der Waals surface area contributed by atoms with Gasteiger partial charge in [0.15, 0.2) is 0 Å². The number of nitrogens with zero attached hydrogens (tertiary/aromatic N) is 3. The smallest absolute Gasteiger partial charge is 0.269 e. The molecule has 0 saturated heterocycles. The zero-order valence-corrected chi connectivity index (χ0v) is 9.53. The Hall–Kier alpha value is -1.95. The van der Waals surface area contributed by atoms with Gasteiger partial charge in [-0.2, -0.15) is 0 Å². The molecule has 0 aliphatic carbocycles. The highest BCUT2D eigenvalue weighted by molar-refractivity contribution is 5.95. The predicted molar refractivity (Wildman–Crippen MR) is 62.6 cm³/mol. The van der Waals surface area contributed by atoms with Gasteiger partial charge in [0, 0.05) is 20.1 Å². The minimum atomic E-state index is -0.184. The van der Waals surface area contributed by atoms with Gasteiger partial charge < -0.3 is 15.2 Å². The van der Waals surface area contributed by atoms with E-state index >= 15 is 0 Å². The lowest BCUT2D eigenvalue weighted by atomic mass is 10.3. The van der Waals surface area contributed by atoms with Crippen LogP contribution in [-0.2, 0) is 13.1 Å². The number of aromatic nitrogens is 3. The van der Waals surface area contributed by atoms with Crippen LogP contribution in [0.1, 0.15) is 16.3 Å². The Bertz CT molecular complexity index is 589. The average Bonchev–Trinajstić information content (AvgIpc) is 2.75. The fourth-order valence-electron chi connectivity index (χ4n) is 2.10. The molecule has 0 saturated carbocycles. The number of carbonyl (C=O) groups excluding carboxylic acids is 1. The van der Waals surface area contributed by atoms with E-state index < -0.39 is 0 Å². The number of amides is 1. The molecule has 0 fully saturated rings. The van der Waals surface area contributed by atoms with E-state index in [-0.39, 0.29) is 5.91 Å². The largest absolute Gasteiger partial charge is 0.354 e. The summed E-state index contributed by atoms with van der Waals surface area (Å²) in [6.45, 7) is 2.60. The molecule has 17 heavy (non-hydrogen) atoms. The Morgan fingerprint density at radius 1 is 1.59 bits per heavy atom. The molecule has 6 nitrogen and oxygen atoms in total. The molecule has 0 spiro atoms. The Morgan fingerprint density at radius 3 is 3.29 bits per heavy atom. The van der Waals surface area contributed by atoms with Crippen molar-refractivity contribution in [3.8, 4) is 0 Å². The second kappa shape index (κ2) is 3.81. The Labute approximate surface area is 98.1 Å². The SMILES string of the molecule is CNC(=O)c1cc2nc3n(c2cn1)CCNC3. The lowest BCUT2D eigenvalue weighted by Gasteiger charge is -2.15. The topological polar surface area (TPSA) is 71.8 Å². The first-order chi connectivity index (χ1) is 8.29. The van der Waals surface area contributed by atoms with Gasteiger partial charge in [-0.3, -0.25) is 4.79 Å². The zero-order valence-electron chi connectivity index (χ0n) is 9.53. The fourth-order valence-corrected chi connectivity index (χ4v) is 2.10. The van der Waals surface area contributed by atoms with Crippen LogP contribution in [0.25, 0.3) is 11.0 Å².